The first-order chi connectivity index (χ1) is 13.7. The molecule has 2 saturated heterocycles. The van der Waals surface area contributed by atoms with E-state index >= 15 is 0 Å². The van der Waals surface area contributed by atoms with Crippen molar-refractivity contribution in [1.82, 2.24) is 9.21 Å². The molecule has 0 unspecified atom stereocenters. The molecule has 2 aliphatic rings. The maximum Gasteiger partial charge on any atom is 0.253 e. The zero-order valence-corrected chi connectivity index (χ0v) is 18.2. The van der Waals surface area contributed by atoms with E-state index in [1.165, 1.54) is 10.6 Å². The van der Waals surface area contributed by atoms with Gasteiger partial charge in [-0.3, -0.25) is 4.79 Å². The summed E-state index contributed by atoms with van der Waals surface area (Å²) in [6.07, 6.45) is 2.16. The van der Waals surface area contributed by atoms with Crippen LogP contribution in [0.2, 0.25) is 5.02 Å². The summed E-state index contributed by atoms with van der Waals surface area (Å²) in [5, 5.41) is 0.354. The van der Waals surface area contributed by atoms with Crippen LogP contribution in [-0.4, -0.2) is 88.5 Å². The average Bonchev–Trinajstić information content (AvgIpc) is 2.69. The van der Waals surface area contributed by atoms with E-state index in [0.717, 1.165) is 0 Å². The minimum Gasteiger partial charge on any atom is -0.489 e. The van der Waals surface area contributed by atoms with Gasteiger partial charge in [-0.05, 0) is 31.0 Å². The van der Waals surface area contributed by atoms with Crippen molar-refractivity contribution in [2.24, 2.45) is 0 Å². The molecule has 2 fully saturated rings. The molecule has 1 aromatic carbocycles. The Kier molecular flexibility index (Phi) is 7.39. The number of hydrogen-bond acceptors (Lipinski definition) is 6. The number of ether oxygens (including phenoxy) is 3. The fourth-order valence-electron chi connectivity index (χ4n) is 3.44. The highest BCUT2D eigenvalue weighted by Crippen LogP contribution is 2.29. The van der Waals surface area contributed by atoms with Crippen molar-refractivity contribution in [2.75, 3.05) is 52.8 Å². The molecule has 1 atom stereocenters. The van der Waals surface area contributed by atoms with Gasteiger partial charge in [-0.15, -0.1) is 0 Å². The third kappa shape index (κ3) is 6.05. The van der Waals surface area contributed by atoms with Gasteiger partial charge in [0.2, 0.25) is 10.0 Å². The van der Waals surface area contributed by atoms with Crippen LogP contribution in [-0.2, 0) is 19.5 Å². The topological polar surface area (TPSA) is 85.4 Å². The van der Waals surface area contributed by atoms with Crippen molar-refractivity contribution in [3.8, 4) is 5.75 Å². The normalized spacial score (nSPS) is 21.7. The first-order valence-electron chi connectivity index (χ1n) is 9.60. The van der Waals surface area contributed by atoms with E-state index < -0.39 is 10.0 Å². The lowest BCUT2D eigenvalue weighted by Gasteiger charge is -2.30. The van der Waals surface area contributed by atoms with E-state index in [1.807, 2.05) is 0 Å². The largest absolute Gasteiger partial charge is 0.489 e. The van der Waals surface area contributed by atoms with Gasteiger partial charge in [0.1, 0.15) is 11.9 Å². The molecule has 2 aliphatic heterocycles. The summed E-state index contributed by atoms with van der Waals surface area (Å²) >= 11 is 6.34. The molecule has 0 aliphatic carbocycles. The quantitative estimate of drug-likeness (QED) is 0.660. The summed E-state index contributed by atoms with van der Waals surface area (Å²) in [5.74, 6) is 0.335. The average molecular weight is 447 g/mol. The van der Waals surface area contributed by atoms with Crippen LogP contribution in [0.3, 0.4) is 0 Å². The van der Waals surface area contributed by atoms with E-state index in [-0.39, 0.29) is 18.1 Å². The number of piperidine rings is 1. The molecule has 1 aromatic rings. The van der Waals surface area contributed by atoms with Crippen LogP contribution in [0.4, 0.5) is 0 Å². The summed E-state index contributed by atoms with van der Waals surface area (Å²) in [6, 6.07) is 4.97. The predicted molar refractivity (Wildman–Crippen MR) is 109 cm³/mol. The zero-order chi connectivity index (χ0) is 21.0. The summed E-state index contributed by atoms with van der Waals surface area (Å²) in [5.41, 5.74) is 0.466. The third-order valence-corrected chi connectivity index (χ3v) is 6.65. The van der Waals surface area contributed by atoms with Gasteiger partial charge in [0.15, 0.2) is 0 Å². The molecule has 0 radical (unpaired) electrons. The Morgan fingerprint density at radius 3 is 2.62 bits per heavy atom. The number of hydrogen-bond donors (Lipinski definition) is 0. The highest BCUT2D eigenvalue weighted by molar-refractivity contribution is 7.88. The Morgan fingerprint density at radius 2 is 2.03 bits per heavy atom. The Balaban J connectivity index is 1.56. The van der Waals surface area contributed by atoms with Crippen LogP contribution in [0.1, 0.15) is 23.2 Å². The lowest BCUT2D eigenvalue weighted by Crippen LogP contribution is -2.41. The smallest absolute Gasteiger partial charge is 0.253 e. The van der Waals surface area contributed by atoms with Crippen molar-refractivity contribution >= 4 is 27.5 Å². The van der Waals surface area contributed by atoms with E-state index in [4.69, 9.17) is 25.8 Å². The molecule has 29 heavy (non-hydrogen) atoms. The van der Waals surface area contributed by atoms with Gasteiger partial charge in [0, 0.05) is 32.2 Å². The van der Waals surface area contributed by atoms with Crippen LogP contribution in [0.25, 0.3) is 0 Å². The molecular formula is C19H27ClN2O6S. The fourth-order valence-corrected chi connectivity index (χ4v) is 4.54. The van der Waals surface area contributed by atoms with Gasteiger partial charge in [0.05, 0.1) is 37.2 Å². The SMILES string of the molecule is CN(C[C@H]1COCCO1)C(=O)c1ccc(OC2CCN(S(C)(=O)=O)CC2)c(Cl)c1. The molecule has 0 bridgehead atoms. The lowest BCUT2D eigenvalue weighted by molar-refractivity contribution is -0.0933. The zero-order valence-electron chi connectivity index (χ0n) is 16.7. The van der Waals surface area contributed by atoms with E-state index in [2.05, 4.69) is 0 Å². The second-order valence-electron chi connectivity index (χ2n) is 7.38. The molecule has 0 aromatic heterocycles. The number of carbonyl (C=O) groups is 1. The lowest BCUT2D eigenvalue weighted by atomic mass is 10.1. The van der Waals surface area contributed by atoms with Gasteiger partial charge < -0.3 is 19.1 Å². The maximum atomic E-state index is 12.7. The molecule has 0 N–H and O–H groups in total. The predicted octanol–water partition coefficient (Wildman–Crippen LogP) is 1.63. The van der Waals surface area contributed by atoms with E-state index in [0.29, 0.717) is 68.6 Å². The van der Waals surface area contributed by atoms with Crippen molar-refractivity contribution in [3.05, 3.63) is 28.8 Å². The number of halogens is 1. The Morgan fingerprint density at radius 1 is 1.31 bits per heavy atom. The Hall–Kier alpha value is -1.39. The minimum absolute atomic E-state index is 0.113. The van der Waals surface area contributed by atoms with E-state index in [9.17, 15) is 13.2 Å². The van der Waals surface area contributed by atoms with Crippen LogP contribution in [0, 0.1) is 0 Å². The summed E-state index contributed by atoms with van der Waals surface area (Å²) in [6.45, 7) is 2.88. The Bertz CT molecular complexity index is 820. The first-order valence-corrected chi connectivity index (χ1v) is 11.8. The number of benzene rings is 1. The van der Waals surface area contributed by atoms with Crippen LogP contribution in [0.15, 0.2) is 18.2 Å². The van der Waals surface area contributed by atoms with Crippen LogP contribution >= 0.6 is 11.6 Å². The van der Waals surface area contributed by atoms with Crippen molar-refractivity contribution in [2.45, 2.75) is 25.0 Å². The highest BCUT2D eigenvalue weighted by Gasteiger charge is 2.27. The molecule has 8 nitrogen and oxygen atoms in total. The first kappa shape index (κ1) is 22.3. The molecule has 0 saturated carbocycles. The monoisotopic (exact) mass is 446 g/mol. The highest BCUT2D eigenvalue weighted by atomic mass is 35.5. The number of rotatable bonds is 6. The van der Waals surface area contributed by atoms with E-state index in [1.54, 1.807) is 30.1 Å². The fraction of sp³-hybridized carbons (Fsp3) is 0.632. The van der Waals surface area contributed by atoms with Crippen molar-refractivity contribution in [1.29, 1.82) is 0 Å². The van der Waals surface area contributed by atoms with Crippen molar-refractivity contribution < 1.29 is 27.4 Å². The number of nitrogens with zero attached hydrogens (tertiary/aromatic N) is 2. The van der Waals surface area contributed by atoms with Crippen molar-refractivity contribution in [3.63, 3.8) is 0 Å². The van der Waals surface area contributed by atoms with Gasteiger partial charge in [0.25, 0.3) is 5.91 Å². The number of amides is 1. The molecule has 10 heteroatoms. The molecule has 1 amide bonds. The second kappa shape index (κ2) is 9.61. The summed E-state index contributed by atoms with van der Waals surface area (Å²) in [7, 11) is -1.46. The summed E-state index contributed by atoms with van der Waals surface area (Å²) in [4.78, 5) is 14.3. The van der Waals surface area contributed by atoms with Crippen LogP contribution < -0.4 is 4.74 Å². The van der Waals surface area contributed by atoms with Gasteiger partial charge in [-0.2, -0.15) is 0 Å². The third-order valence-electron chi connectivity index (χ3n) is 5.05. The molecule has 2 heterocycles. The molecule has 3 rings (SSSR count). The van der Waals surface area contributed by atoms with Gasteiger partial charge >= 0.3 is 0 Å². The van der Waals surface area contributed by atoms with Gasteiger partial charge in [-0.1, -0.05) is 11.6 Å². The maximum absolute atomic E-state index is 12.7. The molecule has 0 spiro atoms. The van der Waals surface area contributed by atoms with Gasteiger partial charge in [-0.25, -0.2) is 12.7 Å². The second-order valence-corrected chi connectivity index (χ2v) is 9.77. The summed E-state index contributed by atoms with van der Waals surface area (Å²) < 4.78 is 41.6. The Labute approximate surface area is 176 Å². The minimum atomic E-state index is -3.17. The number of carbonyl (C=O) groups excluding carboxylic acids is 1. The standard InChI is InChI=1S/C19H27ClN2O6S/c1-21(12-16-13-26-9-10-27-16)19(23)14-3-4-18(17(20)11-14)28-15-5-7-22(8-6-15)29(2,24)25/h3-4,11,15-16H,5-10,12-13H2,1-2H3/t16-/m0/s1. The molecular weight excluding hydrogens is 420 g/mol. The molecule has 162 valence electrons. The van der Waals surface area contributed by atoms with Crippen LogP contribution in [0.5, 0.6) is 5.75 Å². The number of likely N-dealkylation sites (N-methyl/N-ethyl adjacent to an activating group) is 1. The number of sulfonamides is 1.